The summed E-state index contributed by atoms with van der Waals surface area (Å²) in [7, 11) is 3.08. The van der Waals surface area contributed by atoms with E-state index in [0.717, 1.165) is 12.1 Å². The first-order valence-electron chi connectivity index (χ1n) is 12.5. The van der Waals surface area contributed by atoms with Gasteiger partial charge in [0.15, 0.2) is 28.9 Å². The van der Waals surface area contributed by atoms with Gasteiger partial charge in [-0.1, -0.05) is 11.6 Å². The van der Waals surface area contributed by atoms with Crippen LogP contribution in [-0.4, -0.2) is 53.9 Å². The summed E-state index contributed by atoms with van der Waals surface area (Å²) in [4.78, 5) is 21.9. The smallest absolute Gasteiger partial charge is 0.410 e. The van der Waals surface area contributed by atoms with Crippen molar-refractivity contribution in [1.82, 2.24) is 14.9 Å². The summed E-state index contributed by atoms with van der Waals surface area (Å²) in [6.45, 7) is 5.78. The third kappa shape index (κ3) is 7.43. The molecule has 2 aromatic heterocycles. The molecule has 4 aromatic rings. The topological polar surface area (TPSA) is 95.0 Å². The number of carbonyl (C=O) groups is 1. The fourth-order valence-corrected chi connectivity index (χ4v) is 3.80. The number of rotatable bonds is 9. The molecule has 0 bridgehead atoms. The molecule has 0 unspecified atom stereocenters. The monoisotopic (exact) mass is 586 g/mol. The molecule has 0 spiro atoms. The number of amides is 1. The van der Waals surface area contributed by atoms with Crippen molar-refractivity contribution in [3.8, 4) is 23.0 Å². The second-order valence-electron chi connectivity index (χ2n) is 9.92. The van der Waals surface area contributed by atoms with Gasteiger partial charge in [0.2, 0.25) is 0 Å². The predicted octanol–water partition coefficient (Wildman–Crippen LogP) is 7.35. The first kappa shape index (κ1) is 29.6. The minimum Gasteiger partial charge on any atom is -0.493 e. The van der Waals surface area contributed by atoms with Gasteiger partial charge >= 0.3 is 6.09 Å². The van der Waals surface area contributed by atoms with Crippen molar-refractivity contribution in [2.24, 2.45) is 0 Å². The molecule has 1 N–H and O–H groups in total. The molecule has 41 heavy (non-hydrogen) atoms. The van der Waals surface area contributed by atoms with Gasteiger partial charge in [-0.3, -0.25) is 9.97 Å². The van der Waals surface area contributed by atoms with Gasteiger partial charge in [0.25, 0.3) is 0 Å². The average molecular weight is 587 g/mol. The number of pyridine rings is 2. The molecule has 2 heterocycles. The molecule has 2 aromatic carbocycles. The molecule has 1 amide bonds. The quantitative estimate of drug-likeness (QED) is 0.217. The minimum atomic E-state index is -0.806. The highest BCUT2D eigenvalue weighted by Gasteiger charge is 2.20. The van der Waals surface area contributed by atoms with Gasteiger partial charge < -0.3 is 29.2 Å². The number of halogens is 3. The van der Waals surface area contributed by atoms with Gasteiger partial charge in [0.1, 0.15) is 18.0 Å². The Hall–Kier alpha value is -4.38. The maximum atomic E-state index is 15.0. The van der Waals surface area contributed by atoms with Gasteiger partial charge in [-0.25, -0.2) is 13.6 Å². The van der Waals surface area contributed by atoms with Crippen LogP contribution in [0.25, 0.3) is 10.9 Å². The van der Waals surface area contributed by atoms with Crippen LogP contribution in [0.3, 0.4) is 0 Å². The number of carbonyl (C=O) groups excluding carboxylic acids is 1. The number of hydrogen-bond donors (Lipinski definition) is 1. The lowest BCUT2D eigenvalue weighted by Gasteiger charge is -2.24. The zero-order valence-corrected chi connectivity index (χ0v) is 23.9. The van der Waals surface area contributed by atoms with E-state index < -0.39 is 23.3 Å². The number of aromatic nitrogens is 2. The van der Waals surface area contributed by atoms with Gasteiger partial charge in [-0.2, -0.15) is 0 Å². The second-order valence-corrected chi connectivity index (χ2v) is 10.3. The van der Waals surface area contributed by atoms with Gasteiger partial charge in [-0.15, -0.1) is 0 Å². The Morgan fingerprint density at radius 3 is 2.49 bits per heavy atom. The van der Waals surface area contributed by atoms with E-state index in [1.807, 2.05) is 0 Å². The highest BCUT2D eigenvalue weighted by molar-refractivity contribution is 6.33. The van der Waals surface area contributed by atoms with Crippen LogP contribution < -0.4 is 19.5 Å². The summed E-state index contributed by atoms with van der Waals surface area (Å²) >= 11 is 6.08. The third-order valence-corrected chi connectivity index (χ3v) is 5.98. The lowest BCUT2D eigenvalue weighted by molar-refractivity contribution is 0.0278. The number of likely N-dealkylation sites (N-methyl/N-ethyl adjacent to an activating group) is 1. The van der Waals surface area contributed by atoms with Crippen LogP contribution in [0.4, 0.5) is 25.0 Å². The van der Waals surface area contributed by atoms with Crippen molar-refractivity contribution in [3.05, 3.63) is 71.6 Å². The third-order valence-electron chi connectivity index (χ3n) is 5.66. The molecule has 0 saturated heterocycles. The normalized spacial score (nSPS) is 11.2. The van der Waals surface area contributed by atoms with Crippen LogP contribution in [0, 0.1) is 11.6 Å². The minimum absolute atomic E-state index is 0.134. The Morgan fingerprint density at radius 2 is 1.78 bits per heavy atom. The van der Waals surface area contributed by atoms with Crippen LogP contribution >= 0.6 is 11.6 Å². The first-order chi connectivity index (χ1) is 19.4. The number of nitrogens with one attached hydrogen (secondary N) is 1. The van der Waals surface area contributed by atoms with Crippen LogP contribution in [0.15, 0.2) is 55.0 Å². The van der Waals surface area contributed by atoms with E-state index in [4.69, 9.17) is 30.5 Å². The van der Waals surface area contributed by atoms with Crippen LogP contribution in [0.1, 0.15) is 20.8 Å². The summed E-state index contributed by atoms with van der Waals surface area (Å²) in [5.74, 6) is -0.941. The maximum Gasteiger partial charge on any atom is 0.410 e. The average Bonchev–Trinajstić information content (AvgIpc) is 2.91. The van der Waals surface area contributed by atoms with Crippen LogP contribution in [0.2, 0.25) is 5.02 Å². The molecular formula is C29H29ClF2N4O5. The molecule has 0 atom stereocenters. The van der Waals surface area contributed by atoms with E-state index >= 15 is 4.39 Å². The van der Waals surface area contributed by atoms with E-state index in [-0.39, 0.29) is 30.3 Å². The van der Waals surface area contributed by atoms with Crippen molar-refractivity contribution in [2.45, 2.75) is 26.4 Å². The van der Waals surface area contributed by atoms with Crippen molar-refractivity contribution in [2.75, 3.05) is 32.6 Å². The lowest BCUT2D eigenvalue weighted by atomic mass is 10.1. The molecule has 0 saturated carbocycles. The lowest BCUT2D eigenvalue weighted by Crippen LogP contribution is -2.36. The Labute approximate surface area is 241 Å². The second kappa shape index (κ2) is 12.4. The van der Waals surface area contributed by atoms with E-state index in [1.165, 1.54) is 42.7 Å². The molecule has 0 aliphatic heterocycles. The molecule has 0 aliphatic carbocycles. The van der Waals surface area contributed by atoms with Gasteiger partial charge in [-0.05, 0) is 39.0 Å². The molecule has 9 nitrogen and oxygen atoms in total. The SMILES string of the molecule is COc1cc2c(Oc3cc(F)c(Nc4cnccc4Cl)cc3F)ccnc2cc1OCCN(C)C(=O)OC(C)(C)C. The number of ether oxygens (including phenoxy) is 4. The van der Waals surface area contributed by atoms with E-state index in [2.05, 4.69) is 15.3 Å². The summed E-state index contributed by atoms with van der Waals surface area (Å²) < 4.78 is 52.4. The largest absolute Gasteiger partial charge is 0.493 e. The van der Waals surface area contributed by atoms with Gasteiger partial charge in [0.05, 0.1) is 41.8 Å². The summed E-state index contributed by atoms with van der Waals surface area (Å²) in [5.41, 5.74) is 0.0400. The number of anilines is 2. The van der Waals surface area contributed by atoms with Crippen LogP contribution in [-0.2, 0) is 4.74 Å². The van der Waals surface area contributed by atoms with Gasteiger partial charge in [0, 0.05) is 43.0 Å². The van der Waals surface area contributed by atoms with E-state index in [0.29, 0.717) is 33.1 Å². The molecule has 0 aliphatic rings. The maximum absolute atomic E-state index is 15.0. The molecule has 0 radical (unpaired) electrons. The molecule has 4 rings (SSSR count). The Morgan fingerprint density at radius 1 is 1.00 bits per heavy atom. The molecular weight excluding hydrogens is 558 g/mol. The fourth-order valence-electron chi connectivity index (χ4n) is 3.65. The van der Waals surface area contributed by atoms with Crippen molar-refractivity contribution >= 4 is 40.0 Å². The number of methoxy groups -OCH3 is 1. The highest BCUT2D eigenvalue weighted by atomic mass is 35.5. The fraction of sp³-hybridized carbons (Fsp3) is 0.276. The molecule has 0 fully saturated rings. The van der Waals surface area contributed by atoms with Crippen molar-refractivity contribution in [3.63, 3.8) is 0 Å². The Bertz CT molecular complexity index is 1560. The van der Waals surface area contributed by atoms with Crippen molar-refractivity contribution in [1.29, 1.82) is 0 Å². The highest BCUT2D eigenvalue weighted by Crippen LogP contribution is 2.38. The number of hydrogen-bond acceptors (Lipinski definition) is 8. The van der Waals surface area contributed by atoms with E-state index in [1.54, 1.807) is 40.0 Å². The first-order valence-corrected chi connectivity index (χ1v) is 12.9. The Balaban J connectivity index is 1.52. The number of fused-ring (bicyclic) bond motifs is 1. The zero-order valence-electron chi connectivity index (χ0n) is 23.1. The zero-order chi connectivity index (χ0) is 29.7. The Kier molecular flexibility index (Phi) is 8.97. The molecule has 216 valence electrons. The molecule has 12 heteroatoms. The summed E-state index contributed by atoms with van der Waals surface area (Å²) in [6, 6.07) is 8.21. The summed E-state index contributed by atoms with van der Waals surface area (Å²) in [6.07, 6.45) is 3.88. The van der Waals surface area contributed by atoms with Crippen LogP contribution in [0.5, 0.6) is 23.0 Å². The van der Waals surface area contributed by atoms with Crippen molar-refractivity contribution < 1.29 is 32.5 Å². The number of nitrogens with zero attached hydrogens (tertiary/aromatic N) is 3. The standard InChI is InChI=1S/C29H29ClF2N4O5/c1-29(2,3)41-28(37)36(4)10-11-39-27-15-21-17(12-26(27)38-5)24(7-9-34-21)40-25-14-19(31)22(13-20(25)32)35-23-16-33-8-6-18(23)30/h6-9,12-16,35H,10-11H2,1-5H3. The number of benzene rings is 2. The van der Waals surface area contributed by atoms with E-state index in [9.17, 15) is 9.18 Å². The summed E-state index contributed by atoms with van der Waals surface area (Å²) in [5, 5.41) is 3.51. The predicted molar refractivity (Wildman–Crippen MR) is 152 cm³/mol.